The summed E-state index contributed by atoms with van der Waals surface area (Å²) in [7, 11) is 0. The average Bonchev–Trinajstić information content (AvgIpc) is 2.15. The zero-order valence-corrected chi connectivity index (χ0v) is 7.68. The lowest BCUT2D eigenvalue weighted by atomic mass is 9.97. The third-order valence-electron chi connectivity index (χ3n) is 2.56. The molecule has 1 saturated heterocycles. The van der Waals surface area contributed by atoms with E-state index >= 15 is 0 Å². The van der Waals surface area contributed by atoms with Gasteiger partial charge in [-0.1, -0.05) is 0 Å². The molecule has 0 atom stereocenters. The monoisotopic (exact) mass is 187 g/mol. The zero-order chi connectivity index (χ0) is 9.68. The highest BCUT2D eigenvalue weighted by Gasteiger charge is 2.25. The van der Waals surface area contributed by atoms with Gasteiger partial charge in [-0.25, -0.2) is 8.78 Å². The standard InChI is InChI=1S/C10H15F2N/c1-2-3-6-13-7-4-9(5-8-13)10(11)12/h1,9-10H,3-8H2. The van der Waals surface area contributed by atoms with E-state index in [1.54, 1.807) is 0 Å². The van der Waals surface area contributed by atoms with Gasteiger partial charge in [0.2, 0.25) is 6.43 Å². The lowest BCUT2D eigenvalue weighted by Crippen LogP contribution is -2.36. The van der Waals surface area contributed by atoms with Crippen LogP contribution in [0.1, 0.15) is 19.3 Å². The van der Waals surface area contributed by atoms with Crippen molar-refractivity contribution in [2.45, 2.75) is 25.7 Å². The van der Waals surface area contributed by atoms with Gasteiger partial charge in [0.1, 0.15) is 0 Å². The van der Waals surface area contributed by atoms with Gasteiger partial charge in [0.25, 0.3) is 0 Å². The van der Waals surface area contributed by atoms with E-state index in [1.165, 1.54) is 0 Å². The molecule has 1 rings (SSSR count). The zero-order valence-electron chi connectivity index (χ0n) is 7.68. The first-order valence-corrected chi connectivity index (χ1v) is 4.68. The molecule has 1 aliphatic heterocycles. The number of hydrogen-bond acceptors (Lipinski definition) is 1. The molecule has 1 fully saturated rings. The lowest BCUT2D eigenvalue weighted by Gasteiger charge is -2.30. The van der Waals surface area contributed by atoms with E-state index in [-0.39, 0.29) is 5.92 Å². The van der Waals surface area contributed by atoms with Crippen LogP contribution in [0.15, 0.2) is 0 Å². The van der Waals surface area contributed by atoms with Gasteiger partial charge in [0.15, 0.2) is 0 Å². The summed E-state index contributed by atoms with van der Waals surface area (Å²) in [5.41, 5.74) is 0. The van der Waals surface area contributed by atoms with E-state index in [4.69, 9.17) is 6.42 Å². The number of alkyl halides is 2. The number of terminal acetylenes is 1. The van der Waals surface area contributed by atoms with Crippen molar-refractivity contribution in [2.24, 2.45) is 5.92 Å². The third-order valence-corrected chi connectivity index (χ3v) is 2.56. The molecule has 74 valence electrons. The molecule has 0 N–H and O–H groups in total. The Kier molecular flexibility index (Phi) is 4.17. The molecule has 3 heteroatoms. The van der Waals surface area contributed by atoms with Crippen LogP contribution in [0.5, 0.6) is 0 Å². The van der Waals surface area contributed by atoms with E-state index in [0.717, 1.165) is 26.1 Å². The number of rotatable bonds is 3. The summed E-state index contributed by atoms with van der Waals surface area (Å²) in [6, 6.07) is 0. The molecule has 0 bridgehead atoms. The number of hydrogen-bond donors (Lipinski definition) is 0. The van der Waals surface area contributed by atoms with Crippen molar-refractivity contribution in [1.29, 1.82) is 0 Å². The normalized spacial score (nSPS) is 20.5. The fraction of sp³-hybridized carbons (Fsp3) is 0.800. The Hall–Kier alpha value is -0.620. The van der Waals surface area contributed by atoms with E-state index in [9.17, 15) is 8.78 Å². The van der Waals surface area contributed by atoms with Crippen LogP contribution in [0.4, 0.5) is 8.78 Å². The quantitative estimate of drug-likeness (QED) is 0.611. The maximum atomic E-state index is 12.2. The molecular weight excluding hydrogens is 172 g/mol. The first-order chi connectivity index (χ1) is 6.24. The van der Waals surface area contributed by atoms with Crippen molar-refractivity contribution in [3.8, 4) is 12.3 Å². The van der Waals surface area contributed by atoms with Crippen LogP contribution in [0.25, 0.3) is 0 Å². The Bertz CT molecular complexity index is 178. The summed E-state index contributed by atoms with van der Waals surface area (Å²) >= 11 is 0. The largest absolute Gasteiger partial charge is 0.302 e. The summed E-state index contributed by atoms with van der Waals surface area (Å²) in [5, 5.41) is 0. The summed E-state index contributed by atoms with van der Waals surface area (Å²) in [4.78, 5) is 2.17. The summed E-state index contributed by atoms with van der Waals surface area (Å²) < 4.78 is 24.5. The number of nitrogens with zero attached hydrogens (tertiary/aromatic N) is 1. The SMILES string of the molecule is C#CCCN1CCC(C(F)F)CC1. The van der Waals surface area contributed by atoms with Gasteiger partial charge in [0.05, 0.1) is 0 Å². The second-order valence-corrected chi connectivity index (χ2v) is 3.47. The Labute approximate surface area is 78.1 Å². The number of likely N-dealkylation sites (tertiary alicyclic amines) is 1. The van der Waals surface area contributed by atoms with Crippen molar-refractivity contribution < 1.29 is 8.78 Å². The third kappa shape index (κ3) is 3.31. The Morgan fingerprint density at radius 3 is 2.46 bits per heavy atom. The highest BCUT2D eigenvalue weighted by Crippen LogP contribution is 2.23. The molecule has 0 aromatic carbocycles. The van der Waals surface area contributed by atoms with E-state index < -0.39 is 6.43 Å². The Morgan fingerprint density at radius 1 is 1.38 bits per heavy atom. The molecule has 0 unspecified atom stereocenters. The minimum Gasteiger partial charge on any atom is -0.302 e. The molecule has 0 aromatic heterocycles. The van der Waals surface area contributed by atoms with Gasteiger partial charge in [-0.2, -0.15) is 0 Å². The minimum atomic E-state index is -2.14. The van der Waals surface area contributed by atoms with Crippen molar-refractivity contribution in [1.82, 2.24) is 4.90 Å². The Balaban J connectivity index is 2.19. The van der Waals surface area contributed by atoms with Crippen molar-refractivity contribution >= 4 is 0 Å². The van der Waals surface area contributed by atoms with Crippen LogP contribution in [0, 0.1) is 18.3 Å². The van der Waals surface area contributed by atoms with Gasteiger partial charge in [-0.15, -0.1) is 12.3 Å². The van der Waals surface area contributed by atoms with Gasteiger partial charge >= 0.3 is 0 Å². The Morgan fingerprint density at radius 2 is 2.00 bits per heavy atom. The lowest BCUT2D eigenvalue weighted by molar-refractivity contribution is 0.0358. The van der Waals surface area contributed by atoms with Crippen LogP contribution >= 0.6 is 0 Å². The molecule has 1 heterocycles. The van der Waals surface area contributed by atoms with Crippen LogP contribution in [0.3, 0.4) is 0 Å². The molecule has 0 amide bonds. The van der Waals surface area contributed by atoms with E-state index in [1.807, 2.05) is 0 Å². The maximum Gasteiger partial charge on any atom is 0.241 e. The molecule has 1 aliphatic rings. The number of halogens is 2. The molecule has 0 spiro atoms. The molecular formula is C10H15F2N. The molecule has 1 nitrogen and oxygen atoms in total. The van der Waals surface area contributed by atoms with Crippen molar-refractivity contribution in [3.63, 3.8) is 0 Å². The molecule has 0 aromatic rings. The second-order valence-electron chi connectivity index (χ2n) is 3.47. The topological polar surface area (TPSA) is 3.24 Å². The molecule has 13 heavy (non-hydrogen) atoms. The van der Waals surface area contributed by atoms with Crippen LogP contribution in [-0.4, -0.2) is 31.0 Å². The summed E-state index contributed by atoms with van der Waals surface area (Å²) in [6.45, 7) is 2.40. The first kappa shape index (κ1) is 10.5. The number of piperidine rings is 1. The fourth-order valence-electron chi connectivity index (χ4n) is 1.65. The predicted octanol–water partition coefficient (Wildman–Crippen LogP) is 1.99. The molecule has 0 saturated carbocycles. The van der Waals surface area contributed by atoms with E-state index in [2.05, 4.69) is 10.8 Å². The van der Waals surface area contributed by atoms with Gasteiger partial charge < -0.3 is 4.90 Å². The highest BCUT2D eigenvalue weighted by molar-refractivity contribution is 4.85. The average molecular weight is 187 g/mol. The fourth-order valence-corrected chi connectivity index (χ4v) is 1.65. The summed E-state index contributed by atoms with van der Waals surface area (Å²) in [6.07, 6.45) is 4.93. The predicted molar refractivity (Wildman–Crippen MR) is 48.6 cm³/mol. The van der Waals surface area contributed by atoms with Crippen LogP contribution in [0.2, 0.25) is 0 Å². The van der Waals surface area contributed by atoms with Crippen molar-refractivity contribution in [3.05, 3.63) is 0 Å². The minimum absolute atomic E-state index is 0.387. The second kappa shape index (κ2) is 5.18. The van der Waals surface area contributed by atoms with Gasteiger partial charge in [0, 0.05) is 18.9 Å². The molecule has 0 radical (unpaired) electrons. The first-order valence-electron chi connectivity index (χ1n) is 4.68. The van der Waals surface area contributed by atoms with Gasteiger partial charge in [-0.3, -0.25) is 0 Å². The van der Waals surface area contributed by atoms with Gasteiger partial charge in [-0.05, 0) is 25.9 Å². The van der Waals surface area contributed by atoms with Crippen molar-refractivity contribution in [2.75, 3.05) is 19.6 Å². The van der Waals surface area contributed by atoms with Crippen LogP contribution < -0.4 is 0 Å². The smallest absolute Gasteiger partial charge is 0.241 e. The molecule has 0 aliphatic carbocycles. The highest BCUT2D eigenvalue weighted by atomic mass is 19.3. The summed E-state index contributed by atoms with van der Waals surface area (Å²) in [5.74, 6) is 2.17. The maximum absolute atomic E-state index is 12.2. The van der Waals surface area contributed by atoms with E-state index in [0.29, 0.717) is 12.8 Å². The van der Waals surface area contributed by atoms with Crippen LogP contribution in [-0.2, 0) is 0 Å².